The van der Waals surface area contributed by atoms with E-state index in [1.807, 2.05) is 6.92 Å². The van der Waals surface area contributed by atoms with Crippen LogP contribution in [-0.2, 0) is 14.4 Å². The number of carbonyl (C=O) groups excluding carboxylic acids is 1. The molecule has 0 spiro atoms. The van der Waals surface area contributed by atoms with Crippen molar-refractivity contribution in [1.29, 1.82) is 0 Å². The summed E-state index contributed by atoms with van der Waals surface area (Å²) in [6.45, 7) is 3.08. The van der Waals surface area contributed by atoms with Gasteiger partial charge in [-0.25, -0.2) is 0 Å². The molecule has 94 valence electrons. The van der Waals surface area contributed by atoms with E-state index in [4.69, 9.17) is 10.5 Å². The van der Waals surface area contributed by atoms with E-state index in [9.17, 15) is 9.70 Å². The predicted octanol–water partition coefficient (Wildman–Crippen LogP) is -0.0554. The minimum atomic E-state index is -0.0355. The summed E-state index contributed by atoms with van der Waals surface area (Å²) >= 11 is 0. The molecule has 0 radical (unpaired) electrons. The average Bonchev–Trinajstić information content (AvgIpc) is 2.25. The Bertz CT molecular complexity index is 199. The van der Waals surface area contributed by atoms with Crippen LogP contribution >= 0.6 is 0 Å². The van der Waals surface area contributed by atoms with Gasteiger partial charge in [-0.1, -0.05) is 0 Å². The van der Waals surface area contributed by atoms with E-state index in [0.29, 0.717) is 26.0 Å². The highest BCUT2D eigenvalue weighted by atomic mass is 16.7. The smallest absolute Gasteiger partial charge is 0.220 e. The van der Waals surface area contributed by atoms with Crippen molar-refractivity contribution in [3.05, 3.63) is 4.91 Å². The number of amides is 1. The fraction of sp³-hybridized carbons (Fsp3) is 0.889. The van der Waals surface area contributed by atoms with Crippen LogP contribution in [0.2, 0.25) is 0 Å². The van der Waals surface area contributed by atoms with Gasteiger partial charge in [-0.15, -0.1) is 4.91 Å². The maximum Gasteiger partial charge on any atom is 0.220 e. The number of nitrogens with two attached hydrogens (primary N) is 1. The molecule has 0 saturated carbocycles. The third-order valence-electron chi connectivity index (χ3n) is 1.77. The van der Waals surface area contributed by atoms with Gasteiger partial charge in [0.05, 0.1) is 13.2 Å². The Kier molecular flexibility index (Phi) is 9.53. The average molecular weight is 233 g/mol. The Morgan fingerprint density at radius 2 is 2.19 bits per heavy atom. The third-order valence-corrected chi connectivity index (χ3v) is 1.77. The number of carbonyl (C=O) groups is 1. The van der Waals surface area contributed by atoms with Crippen LogP contribution in [0.25, 0.3) is 0 Å². The van der Waals surface area contributed by atoms with Crippen LogP contribution in [0.4, 0.5) is 0 Å². The predicted molar refractivity (Wildman–Crippen MR) is 58.5 cm³/mol. The molecule has 0 fully saturated rings. The Morgan fingerprint density at radius 3 is 2.81 bits per heavy atom. The number of ether oxygens (including phenoxy) is 1. The number of nitrogens with zero attached hydrogens (tertiary/aromatic N) is 1. The van der Waals surface area contributed by atoms with E-state index in [2.05, 4.69) is 15.5 Å². The van der Waals surface area contributed by atoms with Gasteiger partial charge in [0.1, 0.15) is 6.61 Å². The van der Waals surface area contributed by atoms with E-state index in [-0.39, 0.29) is 25.2 Å². The van der Waals surface area contributed by atoms with Gasteiger partial charge in [-0.2, -0.15) is 0 Å². The lowest BCUT2D eigenvalue weighted by atomic mass is 10.2. The molecule has 0 aromatic carbocycles. The van der Waals surface area contributed by atoms with Crippen molar-refractivity contribution in [3.8, 4) is 0 Å². The quantitative estimate of drug-likeness (QED) is 0.313. The maximum atomic E-state index is 11.2. The Balaban J connectivity index is 3.18. The molecule has 0 rings (SSSR count). The normalized spacial score (nSPS) is 11.9. The molecule has 1 atom stereocenters. The van der Waals surface area contributed by atoms with Crippen molar-refractivity contribution < 1.29 is 14.4 Å². The van der Waals surface area contributed by atoms with Gasteiger partial charge in [0.15, 0.2) is 5.34 Å². The van der Waals surface area contributed by atoms with E-state index in [1.165, 1.54) is 0 Å². The Hall–Kier alpha value is -1.21. The molecule has 7 heteroatoms. The molecule has 0 saturated heterocycles. The maximum absolute atomic E-state index is 11.2. The molecule has 0 bridgehead atoms. The fourth-order valence-electron chi connectivity index (χ4n) is 0.945. The van der Waals surface area contributed by atoms with Gasteiger partial charge in [-0.05, 0) is 13.3 Å². The van der Waals surface area contributed by atoms with Gasteiger partial charge in [-0.3, -0.25) is 4.79 Å². The topological polar surface area (TPSA) is 103 Å². The van der Waals surface area contributed by atoms with Crippen LogP contribution in [0, 0.1) is 4.91 Å². The molecular formula is C9H19N3O4. The second-order valence-corrected chi connectivity index (χ2v) is 3.39. The van der Waals surface area contributed by atoms with E-state index in [0.717, 1.165) is 0 Å². The number of hydrogen-bond donors (Lipinski definition) is 2. The van der Waals surface area contributed by atoms with Crippen LogP contribution in [0.15, 0.2) is 5.34 Å². The standard InChI is InChI=1S/C9H19N3O4/c1-8(10)2-3-9(13)11-4-5-15-6-7-16-12-14/h8H,2-7,10H2,1H3,(H,11,13). The first-order valence-electron chi connectivity index (χ1n) is 5.21. The zero-order chi connectivity index (χ0) is 12.2. The molecule has 0 aliphatic carbocycles. The lowest BCUT2D eigenvalue weighted by Crippen LogP contribution is -2.29. The van der Waals surface area contributed by atoms with E-state index in [1.54, 1.807) is 0 Å². The first-order valence-corrected chi connectivity index (χ1v) is 5.21. The van der Waals surface area contributed by atoms with Crippen molar-refractivity contribution in [3.63, 3.8) is 0 Å². The highest BCUT2D eigenvalue weighted by Crippen LogP contribution is 1.92. The zero-order valence-corrected chi connectivity index (χ0v) is 9.48. The van der Waals surface area contributed by atoms with Crippen LogP contribution in [0.1, 0.15) is 19.8 Å². The summed E-state index contributed by atoms with van der Waals surface area (Å²) in [6, 6.07) is 0.0370. The van der Waals surface area contributed by atoms with Gasteiger partial charge < -0.3 is 20.6 Å². The molecule has 7 nitrogen and oxygen atoms in total. The first kappa shape index (κ1) is 14.8. The van der Waals surface area contributed by atoms with Crippen LogP contribution in [0.5, 0.6) is 0 Å². The molecule has 1 unspecified atom stereocenters. The molecule has 3 N–H and O–H groups in total. The van der Waals surface area contributed by atoms with E-state index < -0.39 is 0 Å². The Labute approximate surface area is 94.6 Å². The number of nitrogens with one attached hydrogen (secondary N) is 1. The van der Waals surface area contributed by atoms with Crippen molar-refractivity contribution in [1.82, 2.24) is 5.32 Å². The van der Waals surface area contributed by atoms with Gasteiger partial charge >= 0.3 is 0 Å². The summed E-state index contributed by atoms with van der Waals surface area (Å²) in [5, 5.41) is 4.89. The number of rotatable bonds is 10. The van der Waals surface area contributed by atoms with Crippen molar-refractivity contribution in [2.24, 2.45) is 11.1 Å². The fourth-order valence-corrected chi connectivity index (χ4v) is 0.945. The summed E-state index contributed by atoms with van der Waals surface area (Å²) in [4.78, 5) is 24.9. The molecule has 0 aromatic rings. The van der Waals surface area contributed by atoms with Crippen molar-refractivity contribution >= 4 is 5.91 Å². The van der Waals surface area contributed by atoms with Gasteiger partial charge in [0.25, 0.3) is 0 Å². The van der Waals surface area contributed by atoms with Gasteiger partial charge in [0, 0.05) is 19.0 Å². The first-order chi connectivity index (χ1) is 7.66. The van der Waals surface area contributed by atoms with Gasteiger partial charge in [0.2, 0.25) is 5.91 Å². The molecular weight excluding hydrogens is 214 g/mol. The van der Waals surface area contributed by atoms with Crippen molar-refractivity contribution in [2.75, 3.05) is 26.4 Å². The summed E-state index contributed by atoms with van der Waals surface area (Å²) in [5.74, 6) is -0.0355. The molecule has 0 aromatic heterocycles. The molecule has 1 amide bonds. The molecule has 0 heterocycles. The summed E-state index contributed by atoms with van der Waals surface area (Å²) in [5.41, 5.74) is 5.51. The second kappa shape index (κ2) is 10.3. The molecule has 16 heavy (non-hydrogen) atoms. The minimum absolute atomic E-state index is 0.0355. The van der Waals surface area contributed by atoms with Crippen molar-refractivity contribution in [2.45, 2.75) is 25.8 Å². The second-order valence-electron chi connectivity index (χ2n) is 3.39. The monoisotopic (exact) mass is 233 g/mol. The summed E-state index contributed by atoms with van der Waals surface area (Å²) < 4.78 is 5.05. The highest BCUT2D eigenvalue weighted by Gasteiger charge is 2.02. The molecule has 0 aliphatic heterocycles. The number of hydrogen-bond acceptors (Lipinski definition) is 6. The highest BCUT2D eigenvalue weighted by molar-refractivity contribution is 5.75. The summed E-state index contributed by atoms with van der Waals surface area (Å²) in [6.07, 6.45) is 1.10. The SMILES string of the molecule is CC(N)CCC(=O)NCCOCCON=O. The summed E-state index contributed by atoms with van der Waals surface area (Å²) in [7, 11) is 0. The lowest BCUT2D eigenvalue weighted by molar-refractivity contribution is -0.121. The van der Waals surface area contributed by atoms with E-state index >= 15 is 0 Å². The minimum Gasteiger partial charge on any atom is -0.376 e. The molecule has 0 aliphatic rings. The van der Waals surface area contributed by atoms with Crippen LogP contribution < -0.4 is 11.1 Å². The largest absolute Gasteiger partial charge is 0.376 e. The lowest BCUT2D eigenvalue weighted by Gasteiger charge is -2.07. The van der Waals surface area contributed by atoms with Crippen LogP contribution in [0.3, 0.4) is 0 Å². The Morgan fingerprint density at radius 1 is 1.44 bits per heavy atom. The zero-order valence-electron chi connectivity index (χ0n) is 9.48. The van der Waals surface area contributed by atoms with Crippen LogP contribution in [-0.4, -0.2) is 38.3 Å². The third kappa shape index (κ3) is 10.9.